The van der Waals surface area contributed by atoms with Gasteiger partial charge in [0.25, 0.3) is 0 Å². The Morgan fingerprint density at radius 3 is 2.76 bits per heavy atom. The molecule has 21 heavy (non-hydrogen) atoms. The number of hydrogen-bond acceptors (Lipinski definition) is 5. The maximum atomic E-state index is 12.0. The topological polar surface area (TPSA) is 77.2 Å². The normalized spacial score (nSPS) is 18.2. The summed E-state index contributed by atoms with van der Waals surface area (Å²) in [5.41, 5.74) is 7.03. The number of anilines is 2. The summed E-state index contributed by atoms with van der Waals surface area (Å²) < 4.78 is 5.07. The SMILES string of the molecule is CCOC(=O)c1cc(N)cnc1NC1CCC(C)(C)CC1. The van der Waals surface area contributed by atoms with Crippen LogP contribution in [0.3, 0.4) is 0 Å². The van der Waals surface area contributed by atoms with Gasteiger partial charge < -0.3 is 15.8 Å². The van der Waals surface area contributed by atoms with E-state index in [2.05, 4.69) is 24.1 Å². The van der Waals surface area contributed by atoms with Gasteiger partial charge in [-0.15, -0.1) is 0 Å². The molecule has 0 aromatic carbocycles. The van der Waals surface area contributed by atoms with E-state index in [4.69, 9.17) is 10.5 Å². The minimum Gasteiger partial charge on any atom is -0.462 e. The second-order valence-electron chi connectivity index (χ2n) is 6.47. The van der Waals surface area contributed by atoms with Crippen molar-refractivity contribution < 1.29 is 9.53 Å². The Kier molecular flexibility index (Phi) is 4.70. The molecule has 5 nitrogen and oxygen atoms in total. The fourth-order valence-electron chi connectivity index (χ4n) is 2.70. The second kappa shape index (κ2) is 6.33. The number of nitrogens with one attached hydrogen (secondary N) is 1. The fourth-order valence-corrected chi connectivity index (χ4v) is 2.70. The van der Waals surface area contributed by atoms with Crippen molar-refractivity contribution in [3.05, 3.63) is 17.8 Å². The monoisotopic (exact) mass is 291 g/mol. The third-order valence-corrected chi connectivity index (χ3v) is 4.08. The lowest BCUT2D eigenvalue weighted by atomic mass is 9.75. The maximum absolute atomic E-state index is 12.0. The number of esters is 1. The summed E-state index contributed by atoms with van der Waals surface area (Å²) >= 11 is 0. The number of nitrogens with zero attached hydrogens (tertiary/aromatic N) is 1. The van der Waals surface area contributed by atoms with E-state index < -0.39 is 0 Å². The zero-order valence-electron chi connectivity index (χ0n) is 13.1. The highest BCUT2D eigenvalue weighted by Crippen LogP contribution is 2.36. The van der Waals surface area contributed by atoms with Gasteiger partial charge >= 0.3 is 5.97 Å². The van der Waals surface area contributed by atoms with Crippen molar-refractivity contribution in [2.24, 2.45) is 5.41 Å². The molecule has 0 atom stereocenters. The fraction of sp³-hybridized carbons (Fsp3) is 0.625. The molecular formula is C16H25N3O2. The summed E-state index contributed by atoms with van der Waals surface area (Å²) in [6, 6.07) is 1.97. The Balaban J connectivity index is 2.11. The van der Waals surface area contributed by atoms with E-state index >= 15 is 0 Å². The first-order valence-corrected chi connectivity index (χ1v) is 7.60. The first-order valence-electron chi connectivity index (χ1n) is 7.60. The van der Waals surface area contributed by atoms with Crippen molar-refractivity contribution in [3.63, 3.8) is 0 Å². The lowest BCUT2D eigenvalue weighted by Gasteiger charge is -2.35. The number of carbonyl (C=O) groups is 1. The molecule has 0 aliphatic heterocycles. The van der Waals surface area contributed by atoms with Gasteiger partial charge in [0.2, 0.25) is 0 Å². The van der Waals surface area contributed by atoms with Crippen LogP contribution in [0.5, 0.6) is 0 Å². The lowest BCUT2D eigenvalue weighted by Crippen LogP contribution is -2.30. The molecule has 116 valence electrons. The zero-order valence-corrected chi connectivity index (χ0v) is 13.1. The summed E-state index contributed by atoms with van der Waals surface area (Å²) in [6.07, 6.45) is 6.09. The zero-order chi connectivity index (χ0) is 15.5. The van der Waals surface area contributed by atoms with Crippen molar-refractivity contribution >= 4 is 17.5 Å². The molecule has 0 saturated heterocycles. The van der Waals surface area contributed by atoms with Crippen molar-refractivity contribution in [1.82, 2.24) is 4.98 Å². The molecule has 1 heterocycles. The molecule has 1 aromatic heterocycles. The Bertz CT molecular complexity index is 504. The molecular weight excluding hydrogens is 266 g/mol. The Hall–Kier alpha value is -1.78. The van der Waals surface area contributed by atoms with Gasteiger partial charge in [-0.2, -0.15) is 0 Å². The molecule has 0 spiro atoms. The third-order valence-electron chi connectivity index (χ3n) is 4.08. The van der Waals surface area contributed by atoms with E-state index in [1.165, 1.54) is 12.8 Å². The first-order chi connectivity index (χ1) is 9.91. The van der Waals surface area contributed by atoms with E-state index in [1.54, 1.807) is 19.2 Å². The van der Waals surface area contributed by atoms with Gasteiger partial charge in [-0.1, -0.05) is 13.8 Å². The molecule has 1 aliphatic carbocycles. The van der Waals surface area contributed by atoms with Crippen LogP contribution in [0.25, 0.3) is 0 Å². The van der Waals surface area contributed by atoms with Crippen LogP contribution in [0.1, 0.15) is 56.8 Å². The molecule has 0 bridgehead atoms. The molecule has 1 saturated carbocycles. The van der Waals surface area contributed by atoms with Crippen LogP contribution in [-0.4, -0.2) is 23.6 Å². The van der Waals surface area contributed by atoms with E-state index in [9.17, 15) is 4.79 Å². The summed E-state index contributed by atoms with van der Waals surface area (Å²) in [5.74, 6) is 0.197. The summed E-state index contributed by atoms with van der Waals surface area (Å²) in [6.45, 7) is 6.72. The van der Waals surface area contributed by atoms with Gasteiger partial charge in [0.15, 0.2) is 0 Å². The van der Waals surface area contributed by atoms with Gasteiger partial charge in [0, 0.05) is 6.04 Å². The molecule has 0 radical (unpaired) electrons. The highest BCUT2D eigenvalue weighted by atomic mass is 16.5. The predicted molar refractivity (Wildman–Crippen MR) is 84.3 cm³/mol. The molecule has 2 rings (SSSR count). The van der Waals surface area contributed by atoms with Crippen molar-refractivity contribution in [2.75, 3.05) is 17.7 Å². The van der Waals surface area contributed by atoms with E-state index in [0.717, 1.165) is 12.8 Å². The van der Waals surface area contributed by atoms with Crippen LogP contribution in [0.4, 0.5) is 11.5 Å². The number of nitrogens with two attached hydrogens (primary N) is 1. The Morgan fingerprint density at radius 2 is 2.14 bits per heavy atom. The summed E-state index contributed by atoms with van der Waals surface area (Å²) in [5, 5.41) is 3.39. The van der Waals surface area contributed by atoms with Gasteiger partial charge in [0.1, 0.15) is 11.4 Å². The van der Waals surface area contributed by atoms with Crippen LogP contribution in [-0.2, 0) is 4.74 Å². The number of hydrogen-bond donors (Lipinski definition) is 2. The largest absolute Gasteiger partial charge is 0.462 e. The number of pyridine rings is 1. The number of aromatic nitrogens is 1. The van der Waals surface area contributed by atoms with Gasteiger partial charge in [-0.25, -0.2) is 9.78 Å². The number of nitrogen functional groups attached to an aromatic ring is 1. The molecule has 1 aromatic rings. The smallest absolute Gasteiger partial charge is 0.341 e. The molecule has 0 unspecified atom stereocenters. The summed E-state index contributed by atoms with van der Waals surface area (Å²) in [4.78, 5) is 16.3. The maximum Gasteiger partial charge on any atom is 0.341 e. The molecule has 5 heteroatoms. The first kappa shape index (κ1) is 15.6. The minimum absolute atomic E-state index is 0.338. The molecule has 3 N–H and O–H groups in total. The molecule has 1 aliphatic rings. The Labute approximate surface area is 126 Å². The van der Waals surface area contributed by atoms with Crippen molar-refractivity contribution in [1.29, 1.82) is 0 Å². The minimum atomic E-state index is -0.379. The number of rotatable bonds is 4. The molecule has 1 fully saturated rings. The van der Waals surface area contributed by atoms with Gasteiger partial charge in [-0.3, -0.25) is 0 Å². The van der Waals surface area contributed by atoms with Crippen LogP contribution in [0.15, 0.2) is 12.3 Å². The van der Waals surface area contributed by atoms with Crippen LogP contribution in [0.2, 0.25) is 0 Å². The van der Waals surface area contributed by atoms with E-state index in [0.29, 0.717) is 35.1 Å². The Morgan fingerprint density at radius 1 is 1.48 bits per heavy atom. The lowest BCUT2D eigenvalue weighted by molar-refractivity contribution is 0.0527. The molecule has 0 amide bonds. The predicted octanol–water partition coefficient (Wildman–Crippen LogP) is 3.22. The standard InChI is InChI=1S/C16H25N3O2/c1-4-21-15(20)13-9-11(17)10-18-14(13)19-12-5-7-16(2,3)8-6-12/h9-10,12H,4-8,17H2,1-3H3,(H,18,19). The highest BCUT2D eigenvalue weighted by molar-refractivity contribution is 5.95. The number of ether oxygens (including phenoxy) is 1. The highest BCUT2D eigenvalue weighted by Gasteiger charge is 2.27. The summed E-state index contributed by atoms with van der Waals surface area (Å²) in [7, 11) is 0. The van der Waals surface area contributed by atoms with Crippen LogP contribution >= 0.6 is 0 Å². The van der Waals surface area contributed by atoms with Gasteiger partial charge in [-0.05, 0) is 44.1 Å². The average Bonchev–Trinajstić information content (AvgIpc) is 2.43. The number of carbonyl (C=O) groups excluding carboxylic acids is 1. The van der Waals surface area contributed by atoms with Gasteiger partial charge in [0.05, 0.1) is 18.5 Å². The van der Waals surface area contributed by atoms with Crippen molar-refractivity contribution in [3.8, 4) is 0 Å². The average molecular weight is 291 g/mol. The van der Waals surface area contributed by atoms with Crippen molar-refractivity contribution in [2.45, 2.75) is 52.5 Å². The third kappa shape index (κ3) is 4.09. The second-order valence-corrected chi connectivity index (χ2v) is 6.47. The van der Waals surface area contributed by atoms with Crippen LogP contribution in [0, 0.1) is 5.41 Å². The quantitative estimate of drug-likeness (QED) is 0.833. The van der Waals surface area contributed by atoms with E-state index in [-0.39, 0.29) is 5.97 Å². The van der Waals surface area contributed by atoms with E-state index in [1.807, 2.05) is 0 Å². The van der Waals surface area contributed by atoms with Crippen LogP contribution < -0.4 is 11.1 Å².